The van der Waals surface area contributed by atoms with Crippen LogP contribution < -0.4 is 10.9 Å². The fraction of sp³-hybridized carbons (Fsp3) is 0.474. The third-order valence-electron chi connectivity index (χ3n) is 4.50. The fourth-order valence-electron chi connectivity index (χ4n) is 3.05. The molecule has 1 atom stereocenters. The van der Waals surface area contributed by atoms with Gasteiger partial charge in [0.15, 0.2) is 0 Å². The van der Waals surface area contributed by atoms with Crippen LogP contribution in [0.3, 0.4) is 0 Å². The van der Waals surface area contributed by atoms with E-state index in [4.69, 9.17) is 9.90 Å². The van der Waals surface area contributed by atoms with E-state index in [9.17, 15) is 18.0 Å². The van der Waals surface area contributed by atoms with Gasteiger partial charge >= 0.3 is 12.1 Å². The van der Waals surface area contributed by atoms with Crippen molar-refractivity contribution in [2.75, 3.05) is 26.0 Å². The maximum atomic E-state index is 12.2. The van der Waals surface area contributed by atoms with Crippen LogP contribution in [0.4, 0.5) is 19.1 Å². The van der Waals surface area contributed by atoms with Crippen LogP contribution in [0, 0.1) is 0 Å². The minimum Gasteiger partial charge on any atom is -0.475 e. The Balaban J connectivity index is 0.000000396. The van der Waals surface area contributed by atoms with E-state index in [1.54, 1.807) is 18.5 Å². The maximum Gasteiger partial charge on any atom is 0.490 e. The molecular formula is C19H24F3N5O3. The molecule has 0 saturated carbocycles. The molecule has 164 valence electrons. The number of anilines is 1. The number of hydrogen-bond donors (Lipinski definition) is 2. The second kappa shape index (κ2) is 10.2. The lowest BCUT2D eigenvalue weighted by Gasteiger charge is -2.28. The monoisotopic (exact) mass is 427 g/mol. The van der Waals surface area contributed by atoms with Crippen LogP contribution in [-0.2, 0) is 24.2 Å². The number of fused-ring (bicyclic) bond motifs is 1. The number of likely N-dealkylation sites (N-methyl/N-ethyl adjacent to an activating group) is 1. The van der Waals surface area contributed by atoms with Crippen LogP contribution in [-0.4, -0.2) is 63.4 Å². The van der Waals surface area contributed by atoms with Crippen molar-refractivity contribution in [3.8, 4) is 0 Å². The lowest BCUT2D eigenvalue weighted by atomic mass is 9.91. The Morgan fingerprint density at radius 1 is 1.30 bits per heavy atom. The minimum atomic E-state index is -5.08. The number of aromatic nitrogens is 3. The van der Waals surface area contributed by atoms with E-state index in [1.807, 2.05) is 30.8 Å². The summed E-state index contributed by atoms with van der Waals surface area (Å²) in [7, 11) is 4.06. The third kappa shape index (κ3) is 6.83. The van der Waals surface area contributed by atoms with E-state index in [1.165, 1.54) is 11.3 Å². The normalized spacial score (nSPS) is 15.7. The summed E-state index contributed by atoms with van der Waals surface area (Å²) >= 11 is 0. The van der Waals surface area contributed by atoms with Gasteiger partial charge in [-0.3, -0.25) is 4.79 Å². The molecule has 8 nitrogen and oxygen atoms in total. The SMILES string of the molecule is CN(C)CCn1c2c(ccc1=O)CC(Nc1ncccn1)CC2.O=C(O)C(F)(F)F. The molecule has 0 bridgehead atoms. The van der Waals surface area contributed by atoms with Crippen molar-refractivity contribution >= 4 is 11.9 Å². The Kier molecular flexibility index (Phi) is 7.93. The van der Waals surface area contributed by atoms with Crippen molar-refractivity contribution in [1.29, 1.82) is 0 Å². The molecule has 1 aliphatic rings. The van der Waals surface area contributed by atoms with Gasteiger partial charge in [0.1, 0.15) is 0 Å². The van der Waals surface area contributed by atoms with Gasteiger partial charge in [0.05, 0.1) is 0 Å². The van der Waals surface area contributed by atoms with E-state index < -0.39 is 12.1 Å². The summed E-state index contributed by atoms with van der Waals surface area (Å²) in [6, 6.07) is 5.79. The van der Waals surface area contributed by atoms with Crippen LogP contribution in [0.25, 0.3) is 0 Å². The first-order valence-corrected chi connectivity index (χ1v) is 9.28. The molecule has 30 heavy (non-hydrogen) atoms. The van der Waals surface area contributed by atoms with Crippen molar-refractivity contribution in [3.63, 3.8) is 0 Å². The van der Waals surface area contributed by atoms with E-state index in [-0.39, 0.29) is 5.56 Å². The number of carboxylic acids is 1. The van der Waals surface area contributed by atoms with Crippen molar-refractivity contribution in [3.05, 3.63) is 52.2 Å². The van der Waals surface area contributed by atoms with Gasteiger partial charge in [-0.15, -0.1) is 0 Å². The predicted octanol–water partition coefficient (Wildman–Crippen LogP) is 1.80. The zero-order valence-electron chi connectivity index (χ0n) is 16.7. The first-order valence-electron chi connectivity index (χ1n) is 9.28. The van der Waals surface area contributed by atoms with Gasteiger partial charge in [0, 0.05) is 43.3 Å². The van der Waals surface area contributed by atoms with Crippen LogP contribution in [0.2, 0.25) is 0 Å². The number of nitrogens with one attached hydrogen (secondary N) is 1. The van der Waals surface area contributed by atoms with Crippen molar-refractivity contribution in [2.45, 2.75) is 38.0 Å². The molecular weight excluding hydrogens is 403 g/mol. The second-order valence-electron chi connectivity index (χ2n) is 7.06. The Labute approximate surface area is 171 Å². The molecule has 1 unspecified atom stereocenters. The molecule has 2 aromatic rings. The maximum absolute atomic E-state index is 12.2. The number of carbonyl (C=O) groups is 1. The molecule has 1 aliphatic carbocycles. The number of pyridine rings is 1. The van der Waals surface area contributed by atoms with E-state index in [0.29, 0.717) is 12.0 Å². The van der Waals surface area contributed by atoms with Crippen LogP contribution in [0.15, 0.2) is 35.4 Å². The molecule has 11 heteroatoms. The number of carboxylic acid groups (broad SMARTS) is 1. The topological polar surface area (TPSA) is 100 Å². The lowest BCUT2D eigenvalue weighted by molar-refractivity contribution is -0.192. The fourth-order valence-corrected chi connectivity index (χ4v) is 3.05. The Bertz CT molecular complexity index is 901. The van der Waals surface area contributed by atoms with Crippen molar-refractivity contribution in [2.24, 2.45) is 0 Å². The summed E-state index contributed by atoms with van der Waals surface area (Å²) in [6.45, 7) is 1.62. The van der Waals surface area contributed by atoms with Crippen LogP contribution >= 0.6 is 0 Å². The standard InChI is InChI=1S/C17H23N5O.C2HF3O2/c1-21(2)10-11-22-15-6-5-14(12-13(15)4-7-16(22)23)20-17-18-8-3-9-19-17;3-2(4,5)1(6)7/h3-4,7-9,14H,5-6,10-12H2,1-2H3,(H,18,19,20);(H,6,7). The molecule has 0 fully saturated rings. The van der Waals surface area contributed by atoms with Gasteiger partial charge in [-0.1, -0.05) is 6.07 Å². The Morgan fingerprint density at radius 3 is 2.50 bits per heavy atom. The molecule has 2 heterocycles. The molecule has 0 radical (unpaired) electrons. The Morgan fingerprint density at radius 2 is 1.93 bits per heavy atom. The highest BCUT2D eigenvalue weighted by atomic mass is 19.4. The summed E-state index contributed by atoms with van der Waals surface area (Å²) in [5, 5.41) is 10.5. The largest absolute Gasteiger partial charge is 0.490 e. The van der Waals surface area contributed by atoms with E-state index >= 15 is 0 Å². The van der Waals surface area contributed by atoms with Crippen molar-refractivity contribution in [1.82, 2.24) is 19.4 Å². The molecule has 0 aromatic carbocycles. The van der Waals surface area contributed by atoms with Gasteiger partial charge in [-0.2, -0.15) is 13.2 Å². The molecule has 2 N–H and O–H groups in total. The van der Waals surface area contributed by atoms with E-state index in [2.05, 4.69) is 20.2 Å². The van der Waals surface area contributed by atoms with Gasteiger partial charge in [-0.25, -0.2) is 14.8 Å². The molecule has 0 aliphatic heterocycles. The van der Waals surface area contributed by atoms with Gasteiger partial charge in [0.2, 0.25) is 5.95 Å². The summed E-state index contributed by atoms with van der Waals surface area (Å²) in [6.07, 6.45) is 1.19. The number of rotatable bonds is 5. The van der Waals surface area contributed by atoms with Gasteiger partial charge in [0.25, 0.3) is 5.56 Å². The first-order chi connectivity index (χ1) is 14.1. The molecule has 0 spiro atoms. The number of aliphatic carboxylic acids is 1. The first kappa shape index (κ1) is 23.3. The van der Waals surface area contributed by atoms with Crippen molar-refractivity contribution < 1.29 is 23.1 Å². The molecule has 0 saturated heterocycles. The summed E-state index contributed by atoms with van der Waals surface area (Å²) < 4.78 is 33.7. The van der Waals surface area contributed by atoms with E-state index in [0.717, 1.165) is 32.4 Å². The average Bonchev–Trinajstić information content (AvgIpc) is 2.67. The minimum absolute atomic E-state index is 0.100. The van der Waals surface area contributed by atoms with Gasteiger partial charge < -0.3 is 19.9 Å². The second-order valence-corrected chi connectivity index (χ2v) is 7.06. The quantitative estimate of drug-likeness (QED) is 0.751. The zero-order chi connectivity index (χ0) is 22.3. The number of alkyl halides is 3. The average molecular weight is 427 g/mol. The number of hydrogen-bond acceptors (Lipinski definition) is 6. The summed E-state index contributed by atoms with van der Waals surface area (Å²) in [5.41, 5.74) is 2.54. The number of nitrogens with zero attached hydrogens (tertiary/aromatic N) is 4. The lowest BCUT2D eigenvalue weighted by Crippen LogP contribution is -2.35. The third-order valence-corrected chi connectivity index (χ3v) is 4.50. The summed E-state index contributed by atoms with van der Waals surface area (Å²) in [4.78, 5) is 31.6. The highest BCUT2D eigenvalue weighted by Crippen LogP contribution is 2.22. The molecule has 0 amide bonds. The highest BCUT2D eigenvalue weighted by Gasteiger charge is 2.38. The molecule has 3 rings (SSSR count). The molecule has 2 aromatic heterocycles. The zero-order valence-corrected chi connectivity index (χ0v) is 16.7. The Hall–Kier alpha value is -2.95. The van der Waals surface area contributed by atoms with Crippen LogP contribution in [0.1, 0.15) is 17.7 Å². The van der Waals surface area contributed by atoms with Crippen LogP contribution in [0.5, 0.6) is 0 Å². The highest BCUT2D eigenvalue weighted by molar-refractivity contribution is 5.73. The number of halogens is 3. The predicted molar refractivity (Wildman–Crippen MR) is 104 cm³/mol. The summed E-state index contributed by atoms with van der Waals surface area (Å²) in [5.74, 6) is -2.09. The smallest absolute Gasteiger partial charge is 0.475 e. The van der Waals surface area contributed by atoms with Gasteiger partial charge in [-0.05, 0) is 45.0 Å².